The van der Waals surface area contributed by atoms with Crippen molar-refractivity contribution in [3.8, 4) is 0 Å². The number of likely N-dealkylation sites (tertiary alicyclic amines) is 1. The summed E-state index contributed by atoms with van der Waals surface area (Å²) < 4.78 is 0. The van der Waals surface area contributed by atoms with Gasteiger partial charge in [0.05, 0.1) is 16.1 Å². The van der Waals surface area contributed by atoms with Gasteiger partial charge in [-0.3, -0.25) is 14.5 Å². The molecule has 0 unspecified atom stereocenters. The molecule has 0 saturated carbocycles. The standard InChI is InChI=1S/C13H28N2O2Si2/c1-18(2,3)13(9-10-14,19(4,5)6)15-11(16)7-8-12(15)17/h7-10,14H2,1-6H3. The predicted molar refractivity (Wildman–Crippen MR) is 84.2 cm³/mol. The van der Waals surface area contributed by atoms with Crippen LogP contribution >= 0.6 is 0 Å². The monoisotopic (exact) mass is 300 g/mol. The molecule has 1 aliphatic rings. The van der Waals surface area contributed by atoms with E-state index in [1.54, 1.807) is 4.90 Å². The summed E-state index contributed by atoms with van der Waals surface area (Å²) in [5.74, 6) is 0.0339. The highest BCUT2D eigenvalue weighted by molar-refractivity contribution is 6.99. The summed E-state index contributed by atoms with van der Waals surface area (Å²) in [6.07, 6.45) is 1.51. The number of hydrogen-bond acceptors (Lipinski definition) is 3. The summed E-state index contributed by atoms with van der Waals surface area (Å²) in [5, 5.41) is 0. The van der Waals surface area contributed by atoms with Crippen LogP contribution in [-0.4, -0.2) is 44.2 Å². The van der Waals surface area contributed by atoms with Gasteiger partial charge in [0.1, 0.15) is 0 Å². The molecule has 2 N–H and O–H groups in total. The van der Waals surface area contributed by atoms with Crippen LogP contribution in [0.5, 0.6) is 0 Å². The number of hydrogen-bond donors (Lipinski definition) is 1. The minimum atomic E-state index is -1.78. The van der Waals surface area contributed by atoms with E-state index in [0.29, 0.717) is 19.4 Å². The Morgan fingerprint density at radius 2 is 1.37 bits per heavy atom. The predicted octanol–water partition coefficient (Wildman–Crippen LogP) is 1.98. The van der Waals surface area contributed by atoms with E-state index in [0.717, 1.165) is 6.42 Å². The highest BCUT2D eigenvalue weighted by Gasteiger charge is 2.59. The van der Waals surface area contributed by atoms with Gasteiger partial charge in [-0.2, -0.15) is 0 Å². The molecule has 0 aromatic rings. The second-order valence-corrected chi connectivity index (χ2v) is 18.7. The molecule has 1 fully saturated rings. The summed E-state index contributed by atoms with van der Waals surface area (Å²) in [5.41, 5.74) is 5.86. The molecule has 1 heterocycles. The molecule has 0 radical (unpaired) electrons. The van der Waals surface area contributed by atoms with Crippen molar-refractivity contribution in [2.45, 2.75) is 63.3 Å². The van der Waals surface area contributed by atoms with Crippen LogP contribution in [0.15, 0.2) is 0 Å². The summed E-state index contributed by atoms with van der Waals surface area (Å²) >= 11 is 0. The Labute approximate surface area is 118 Å². The lowest BCUT2D eigenvalue weighted by molar-refractivity contribution is -0.141. The van der Waals surface area contributed by atoms with Crippen molar-refractivity contribution in [1.82, 2.24) is 4.90 Å². The number of carbonyl (C=O) groups excluding carboxylic acids is 2. The fraction of sp³-hybridized carbons (Fsp3) is 0.846. The molecular weight excluding hydrogens is 272 g/mol. The van der Waals surface area contributed by atoms with Gasteiger partial charge in [-0.1, -0.05) is 39.3 Å². The van der Waals surface area contributed by atoms with E-state index in [1.807, 2.05) is 0 Å². The number of nitrogens with zero attached hydrogens (tertiary/aromatic N) is 1. The first-order chi connectivity index (χ1) is 8.49. The van der Waals surface area contributed by atoms with Gasteiger partial charge >= 0.3 is 0 Å². The van der Waals surface area contributed by atoms with E-state index >= 15 is 0 Å². The molecule has 0 bridgehead atoms. The van der Waals surface area contributed by atoms with Crippen LogP contribution in [0.1, 0.15) is 19.3 Å². The molecule has 2 amide bonds. The largest absolute Gasteiger partial charge is 0.330 e. The second-order valence-electron chi connectivity index (χ2n) is 7.52. The third-order valence-corrected chi connectivity index (χ3v) is 14.8. The summed E-state index contributed by atoms with van der Waals surface area (Å²) in [4.78, 5) is 26.0. The van der Waals surface area contributed by atoms with E-state index in [4.69, 9.17) is 5.73 Å². The Balaban J connectivity index is 3.48. The van der Waals surface area contributed by atoms with Gasteiger partial charge in [-0.15, -0.1) is 0 Å². The lowest BCUT2D eigenvalue weighted by atomic mass is 10.3. The lowest BCUT2D eigenvalue weighted by Crippen LogP contribution is -2.76. The van der Waals surface area contributed by atoms with Crippen LogP contribution in [0.4, 0.5) is 0 Å². The quantitative estimate of drug-likeness (QED) is 0.624. The maximum absolute atomic E-state index is 12.3. The second kappa shape index (κ2) is 5.14. The normalized spacial score (nSPS) is 18.4. The van der Waals surface area contributed by atoms with Crippen molar-refractivity contribution < 1.29 is 9.59 Å². The van der Waals surface area contributed by atoms with Crippen LogP contribution in [0.2, 0.25) is 39.3 Å². The average molecular weight is 301 g/mol. The molecule has 0 aromatic heterocycles. The molecule has 1 saturated heterocycles. The summed E-state index contributed by atoms with van der Waals surface area (Å²) in [6, 6.07) is 0. The summed E-state index contributed by atoms with van der Waals surface area (Å²) in [7, 11) is -3.55. The van der Waals surface area contributed by atoms with Gasteiger partial charge in [-0.05, 0) is 13.0 Å². The van der Waals surface area contributed by atoms with Gasteiger partial charge in [0.15, 0.2) is 0 Å². The van der Waals surface area contributed by atoms with Crippen molar-refractivity contribution in [2.75, 3.05) is 6.54 Å². The van der Waals surface area contributed by atoms with Crippen molar-refractivity contribution in [2.24, 2.45) is 5.73 Å². The molecule has 0 aliphatic carbocycles. The first kappa shape index (κ1) is 16.6. The Hall–Kier alpha value is -0.466. The molecule has 1 aliphatic heterocycles. The van der Waals surface area contributed by atoms with E-state index in [2.05, 4.69) is 39.3 Å². The molecule has 4 nitrogen and oxygen atoms in total. The third kappa shape index (κ3) is 2.58. The zero-order valence-corrected chi connectivity index (χ0v) is 15.2. The van der Waals surface area contributed by atoms with E-state index in [-0.39, 0.29) is 16.6 Å². The van der Waals surface area contributed by atoms with Gasteiger partial charge in [0.25, 0.3) is 0 Å². The Morgan fingerprint density at radius 1 is 1.00 bits per heavy atom. The van der Waals surface area contributed by atoms with Gasteiger partial charge in [-0.25, -0.2) is 0 Å². The van der Waals surface area contributed by atoms with E-state index < -0.39 is 16.1 Å². The zero-order valence-electron chi connectivity index (χ0n) is 13.2. The number of imide groups is 1. The lowest BCUT2D eigenvalue weighted by Gasteiger charge is -2.56. The minimum absolute atomic E-state index is 0.0169. The zero-order chi connectivity index (χ0) is 15.1. The van der Waals surface area contributed by atoms with Crippen LogP contribution in [-0.2, 0) is 9.59 Å². The van der Waals surface area contributed by atoms with Crippen LogP contribution in [0.3, 0.4) is 0 Å². The molecule has 0 atom stereocenters. The molecule has 110 valence electrons. The van der Waals surface area contributed by atoms with E-state index in [9.17, 15) is 9.59 Å². The van der Waals surface area contributed by atoms with Gasteiger partial charge in [0.2, 0.25) is 11.8 Å². The highest BCUT2D eigenvalue weighted by atomic mass is 28.4. The number of carbonyl (C=O) groups is 2. The third-order valence-electron chi connectivity index (χ3n) is 4.42. The first-order valence-corrected chi connectivity index (χ1v) is 14.0. The molecular formula is C13H28N2O2Si2. The molecule has 0 aromatic carbocycles. The molecule has 6 heteroatoms. The molecule has 0 spiro atoms. The fourth-order valence-corrected chi connectivity index (χ4v) is 16.5. The number of amides is 2. The van der Waals surface area contributed by atoms with Crippen LogP contribution in [0.25, 0.3) is 0 Å². The SMILES string of the molecule is C[Si](C)(C)C(CCN)(N1C(=O)CCC1=O)[Si](C)(C)C. The Morgan fingerprint density at radius 3 is 1.63 bits per heavy atom. The van der Waals surface area contributed by atoms with Crippen LogP contribution < -0.4 is 5.73 Å². The average Bonchev–Trinajstić information content (AvgIpc) is 2.52. The fourth-order valence-electron chi connectivity index (χ4n) is 3.87. The van der Waals surface area contributed by atoms with Crippen molar-refractivity contribution in [3.63, 3.8) is 0 Å². The Kier molecular flexibility index (Phi) is 4.49. The van der Waals surface area contributed by atoms with Crippen molar-refractivity contribution in [1.29, 1.82) is 0 Å². The van der Waals surface area contributed by atoms with E-state index in [1.165, 1.54) is 0 Å². The van der Waals surface area contributed by atoms with Gasteiger partial charge in [0, 0.05) is 17.6 Å². The van der Waals surface area contributed by atoms with Crippen molar-refractivity contribution in [3.05, 3.63) is 0 Å². The van der Waals surface area contributed by atoms with Gasteiger partial charge < -0.3 is 5.73 Å². The van der Waals surface area contributed by atoms with Crippen molar-refractivity contribution >= 4 is 28.0 Å². The smallest absolute Gasteiger partial charge is 0.229 e. The summed E-state index contributed by atoms with van der Waals surface area (Å²) in [6.45, 7) is 14.1. The topological polar surface area (TPSA) is 63.4 Å². The number of rotatable bonds is 5. The first-order valence-electron chi connectivity index (χ1n) is 7.05. The minimum Gasteiger partial charge on any atom is -0.330 e. The highest BCUT2D eigenvalue weighted by Crippen LogP contribution is 2.41. The molecule has 19 heavy (non-hydrogen) atoms. The Bertz CT molecular complexity index is 353. The van der Waals surface area contributed by atoms with Crippen LogP contribution in [0, 0.1) is 0 Å². The maximum Gasteiger partial charge on any atom is 0.229 e. The maximum atomic E-state index is 12.3. The molecule has 1 rings (SSSR count). The number of nitrogens with two attached hydrogens (primary N) is 1.